The Hall–Kier alpha value is -1.63. The van der Waals surface area contributed by atoms with Crippen LogP contribution in [0.25, 0.3) is 0 Å². The van der Waals surface area contributed by atoms with Crippen molar-refractivity contribution in [2.24, 2.45) is 5.73 Å². The fourth-order valence-corrected chi connectivity index (χ4v) is 1.87. The Morgan fingerprint density at radius 2 is 2.00 bits per heavy atom. The van der Waals surface area contributed by atoms with E-state index >= 15 is 0 Å². The number of nitrogens with zero attached hydrogens (tertiary/aromatic N) is 2. The topological polar surface area (TPSA) is 120 Å². The Kier molecular flexibility index (Phi) is 3.04. The largest absolute Gasteiger partial charge is 0.379 e. The molecule has 2 rings (SSSR count). The van der Waals surface area contributed by atoms with Crippen LogP contribution in [0.15, 0.2) is 4.63 Å². The molecule has 0 unspecified atom stereocenters. The number of nitrogen functional groups attached to an aromatic ring is 1. The highest BCUT2D eigenvalue weighted by Crippen LogP contribution is 2.17. The molecule has 0 bridgehead atoms. The minimum atomic E-state index is -0.334. The summed E-state index contributed by atoms with van der Waals surface area (Å²) in [6.45, 7) is 0. The Morgan fingerprint density at radius 1 is 1.31 bits per heavy atom. The van der Waals surface area contributed by atoms with Gasteiger partial charge in [-0.1, -0.05) is 0 Å². The smallest absolute Gasteiger partial charge is 0.277 e. The molecule has 1 amide bonds. The number of carbonyl (C=O) groups excluding carboxylic acids is 1. The first-order valence-corrected chi connectivity index (χ1v) is 5.31. The van der Waals surface area contributed by atoms with Crippen molar-refractivity contribution in [3.8, 4) is 0 Å². The van der Waals surface area contributed by atoms with Gasteiger partial charge in [0, 0.05) is 12.1 Å². The molecule has 16 heavy (non-hydrogen) atoms. The van der Waals surface area contributed by atoms with Crippen molar-refractivity contribution in [3.05, 3.63) is 5.69 Å². The molecule has 0 aliphatic heterocycles. The van der Waals surface area contributed by atoms with Crippen LogP contribution in [0.3, 0.4) is 0 Å². The average Bonchev–Trinajstić information content (AvgIpc) is 2.68. The van der Waals surface area contributed by atoms with E-state index in [4.69, 9.17) is 11.5 Å². The molecule has 1 aliphatic carbocycles. The van der Waals surface area contributed by atoms with Crippen LogP contribution >= 0.6 is 0 Å². The fourth-order valence-electron chi connectivity index (χ4n) is 1.87. The maximum absolute atomic E-state index is 11.7. The van der Waals surface area contributed by atoms with Crippen LogP contribution in [0, 0.1) is 0 Å². The standard InChI is InChI=1S/C9H15N5O2/c10-5-1-3-6(4-2-5)12-9(15)7-8(11)14-16-13-7/h5-6H,1-4,10H2,(H2,11,14)(H,12,15). The van der Waals surface area contributed by atoms with Crippen LogP contribution in [-0.2, 0) is 0 Å². The highest BCUT2D eigenvalue weighted by atomic mass is 16.6. The first-order chi connectivity index (χ1) is 7.66. The quantitative estimate of drug-likeness (QED) is 0.632. The molecule has 88 valence electrons. The Balaban J connectivity index is 1.91. The molecule has 1 fully saturated rings. The van der Waals surface area contributed by atoms with Crippen molar-refractivity contribution in [1.82, 2.24) is 15.6 Å². The van der Waals surface area contributed by atoms with Crippen LogP contribution in [-0.4, -0.2) is 28.3 Å². The number of amides is 1. The van der Waals surface area contributed by atoms with Gasteiger partial charge >= 0.3 is 0 Å². The number of aromatic nitrogens is 2. The summed E-state index contributed by atoms with van der Waals surface area (Å²) in [5.41, 5.74) is 11.2. The van der Waals surface area contributed by atoms with Crippen LogP contribution in [0.5, 0.6) is 0 Å². The minimum Gasteiger partial charge on any atom is -0.379 e. The van der Waals surface area contributed by atoms with Gasteiger partial charge in [0.25, 0.3) is 5.91 Å². The first kappa shape index (κ1) is 10.9. The van der Waals surface area contributed by atoms with Crippen molar-refractivity contribution in [2.45, 2.75) is 37.8 Å². The Labute approximate surface area is 92.5 Å². The molecular formula is C9H15N5O2. The van der Waals surface area contributed by atoms with Crippen LogP contribution in [0.1, 0.15) is 36.2 Å². The molecule has 0 atom stereocenters. The molecule has 5 N–H and O–H groups in total. The lowest BCUT2D eigenvalue weighted by atomic mass is 9.92. The third-order valence-corrected chi connectivity index (χ3v) is 2.84. The molecule has 0 saturated heterocycles. The van der Waals surface area contributed by atoms with E-state index < -0.39 is 0 Å². The summed E-state index contributed by atoms with van der Waals surface area (Å²) in [4.78, 5) is 11.7. The summed E-state index contributed by atoms with van der Waals surface area (Å²) in [6.07, 6.45) is 3.63. The number of nitrogens with one attached hydrogen (secondary N) is 1. The van der Waals surface area contributed by atoms with Gasteiger partial charge in [0.15, 0.2) is 0 Å². The number of carbonyl (C=O) groups is 1. The Bertz CT molecular complexity index is 370. The van der Waals surface area contributed by atoms with E-state index in [1.807, 2.05) is 0 Å². The molecule has 1 heterocycles. The van der Waals surface area contributed by atoms with Crippen molar-refractivity contribution < 1.29 is 9.42 Å². The maximum atomic E-state index is 11.7. The van der Waals surface area contributed by atoms with E-state index in [1.54, 1.807) is 0 Å². The molecule has 0 spiro atoms. The molecule has 1 saturated carbocycles. The van der Waals surface area contributed by atoms with Crippen LogP contribution in [0.2, 0.25) is 0 Å². The van der Waals surface area contributed by atoms with E-state index in [9.17, 15) is 4.79 Å². The molecule has 0 aromatic carbocycles. The lowest BCUT2D eigenvalue weighted by Crippen LogP contribution is -2.40. The van der Waals surface area contributed by atoms with Crippen LogP contribution in [0.4, 0.5) is 5.82 Å². The highest BCUT2D eigenvalue weighted by Gasteiger charge is 2.23. The lowest BCUT2D eigenvalue weighted by molar-refractivity contribution is 0.0916. The second-order valence-corrected chi connectivity index (χ2v) is 4.08. The number of rotatable bonds is 2. The van der Waals surface area contributed by atoms with E-state index in [0.29, 0.717) is 0 Å². The van der Waals surface area contributed by atoms with E-state index in [1.165, 1.54) is 0 Å². The minimum absolute atomic E-state index is 0.0185. The molecule has 0 radical (unpaired) electrons. The predicted octanol–water partition coefficient (Wildman–Crippen LogP) is -0.349. The van der Waals surface area contributed by atoms with Gasteiger partial charge in [0.05, 0.1) is 0 Å². The molecule has 1 aromatic heterocycles. The molecule has 7 nitrogen and oxygen atoms in total. The summed E-state index contributed by atoms with van der Waals surface area (Å²) in [5.74, 6) is -0.316. The highest BCUT2D eigenvalue weighted by molar-refractivity contribution is 5.96. The van der Waals surface area contributed by atoms with Gasteiger partial charge in [-0.3, -0.25) is 4.79 Å². The summed E-state index contributed by atoms with van der Waals surface area (Å²) in [7, 11) is 0. The third kappa shape index (κ3) is 2.30. The number of anilines is 1. The fraction of sp³-hybridized carbons (Fsp3) is 0.667. The summed E-state index contributed by atoms with van der Waals surface area (Å²) >= 11 is 0. The van der Waals surface area contributed by atoms with Crippen LogP contribution < -0.4 is 16.8 Å². The van der Waals surface area contributed by atoms with E-state index in [-0.39, 0.29) is 29.5 Å². The van der Waals surface area contributed by atoms with Gasteiger partial charge < -0.3 is 16.8 Å². The predicted molar refractivity (Wildman–Crippen MR) is 56.4 cm³/mol. The van der Waals surface area contributed by atoms with Gasteiger partial charge in [0.2, 0.25) is 11.5 Å². The summed E-state index contributed by atoms with van der Waals surface area (Å²) < 4.78 is 4.37. The second-order valence-electron chi connectivity index (χ2n) is 4.08. The van der Waals surface area contributed by atoms with Gasteiger partial charge in [-0.2, -0.15) is 0 Å². The molecule has 7 heteroatoms. The molecular weight excluding hydrogens is 210 g/mol. The van der Waals surface area contributed by atoms with Gasteiger partial charge in [-0.25, -0.2) is 4.63 Å². The van der Waals surface area contributed by atoms with Gasteiger partial charge in [-0.15, -0.1) is 0 Å². The summed E-state index contributed by atoms with van der Waals surface area (Å²) in [6, 6.07) is 0.398. The van der Waals surface area contributed by atoms with Crippen molar-refractivity contribution in [2.75, 3.05) is 5.73 Å². The zero-order valence-electron chi connectivity index (χ0n) is 8.85. The lowest BCUT2D eigenvalue weighted by Gasteiger charge is -2.26. The van der Waals surface area contributed by atoms with E-state index in [2.05, 4.69) is 20.3 Å². The Morgan fingerprint density at radius 3 is 2.56 bits per heavy atom. The number of nitrogens with two attached hydrogens (primary N) is 2. The third-order valence-electron chi connectivity index (χ3n) is 2.84. The van der Waals surface area contributed by atoms with Crippen molar-refractivity contribution in [3.63, 3.8) is 0 Å². The second kappa shape index (κ2) is 4.48. The maximum Gasteiger partial charge on any atom is 0.277 e. The van der Waals surface area contributed by atoms with Gasteiger partial charge in [-0.05, 0) is 36.0 Å². The number of hydrogen-bond donors (Lipinski definition) is 3. The summed E-state index contributed by atoms with van der Waals surface area (Å²) in [5, 5.41) is 9.65. The first-order valence-electron chi connectivity index (χ1n) is 5.31. The van der Waals surface area contributed by atoms with E-state index in [0.717, 1.165) is 25.7 Å². The molecule has 1 aliphatic rings. The monoisotopic (exact) mass is 225 g/mol. The van der Waals surface area contributed by atoms with Crippen molar-refractivity contribution in [1.29, 1.82) is 0 Å². The SMILES string of the molecule is Nc1nonc1C(=O)NC1CCC(N)CC1. The van der Waals surface area contributed by atoms with Gasteiger partial charge in [0.1, 0.15) is 0 Å². The average molecular weight is 225 g/mol. The zero-order chi connectivity index (χ0) is 11.5. The van der Waals surface area contributed by atoms with Crippen molar-refractivity contribution >= 4 is 11.7 Å². The number of hydrogen-bond acceptors (Lipinski definition) is 6. The zero-order valence-corrected chi connectivity index (χ0v) is 8.85. The molecule has 1 aromatic rings. The normalized spacial score (nSPS) is 25.3.